The lowest BCUT2D eigenvalue weighted by Gasteiger charge is -2.23. The van der Waals surface area contributed by atoms with Gasteiger partial charge in [0.2, 0.25) is 5.91 Å². The van der Waals surface area contributed by atoms with E-state index in [-0.39, 0.29) is 11.9 Å². The van der Waals surface area contributed by atoms with Crippen LogP contribution in [-0.2, 0) is 4.79 Å². The molecule has 0 aliphatic carbocycles. The zero-order valence-electron chi connectivity index (χ0n) is 7.63. The third kappa shape index (κ3) is 3.37. The normalized spacial score (nSPS) is 12.7. The van der Waals surface area contributed by atoms with Crippen molar-refractivity contribution in [1.82, 2.24) is 4.90 Å². The molecule has 0 rings (SSSR count). The summed E-state index contributed by atoms with van der Waals surface area (Å²) in [6, 6.07) is 0.161. The van der Waals surface area contributed by atoms with Crippen LogP contribution in [0.4, 0.5) is 0 Å². The number of amides is 1. The molecule has 1 unspecified atom stereocenters. The molecule has 3 heteroatoms. The number of carbonyl (C=O) groups excluding carboxylic acids is 1. The Bertz CT molecular complexity index is 125. The van der Waals surface area contributed by atoms with Gasteiger partial charge in [-0.05, 0) is 13.3 Å². The minimum atomic E-state index is 0.161. The Balaban J connectivity index is 3.80. The van der Waals surface area contributed by atoms with E-state index >= 15 is 0 Å². The molecule has 0 radical (unpaired) electrons. The van der Waals surface area contributed by atoms with Crippen molar-refractivity contribution in [2.75, 3.05) is 13.6 Å². The highest BCUT2D eigenvalue weighted by Crippen LogP contribution is 1.98. The van der Waals surface area contributed by atoms with Crippen molar-refractivity contribution >= 4 is 5.91 Å². The van der Waals surface area contributed by atoms with Crippen molar-refractivity contribution in [3.63, 3.8) is 0 Å². The molecule has 1 amide bonds. The molecule has 0 bridgehead atoms. The lowest BCUT2D eigenvalue weighted by atomic mass is 10.2. The van der Waals surface area contributed by atoms with Gasteiger partial charge in [-0.1, -0.05) is 6.92 Å². The van der Waals surface area contributed by atoms with Gasteiger partial charge in [0.25, 0.3) is 0 Å². The summed E-state index contributed by atoms with van der Waals surface area (Å²) in [6.07, 6.45) is 1.53. The Labute approximate surface area is 68.6 Å². The first-order chi connectivity index (χ1) is 5.13. The van der Waals surface area contributed by atoms with E-state index < -0.39 is 0 Å². The smallest absolute Gasteiger partial charge is 0.222 e. The molecule has 11 heavy (non-hydrogen) atoms. The molecule has 1 atom stereocenters. The Hall–Kier alpha value is -0.570. The highest BCUT2D eigenvalue weighted by molar-refractivity contribution is 5.76. The van der Waals surface area contributed by atoms with Crippen LogP contribution in [0.25, 0.3) is 0 Å². The number of hydrogen-bond acceptors (Lipinski definition) is 2. The van der Waals surface area contributed by atoms with E-state index in [1.54, 1.807) is 11.9 Å². The van der Waals surface area contributed by atoms with Gasteiger partial charge < -0.3 is 10.6 Å². The molecule has 2 N–H and O–H groups in total. The maximum absolute atomic E-state index is 11.2. The van der Waals surface area contributed by atoms with Crippen LogP contribution in [0.2, 0.25) is 0 Å². The highest BCUT2D eigenvalue weighted by atomic mass is 16.2. The summed E-state index contributed by atoms with van der Waals surface area (Å²) < 4.78 is 0. The van der Waals surface area contributed by atoms with Crippen LogP contribution in [0, 0.1) is 0 Å². The molecule has 0 aliphatic heterocycles. The lowest BCUT2D eigenvalue weighted by Crippen LogP contribution is -2.39. The summed E-state index contributed by atoms with van der Waals surface area (Å²) in [7, 11) is 1.80. The molecule has 0 aliphatic rings. The number of nitrogens with zero attached hydrogens (tertiary/aromatic N) is 1. The fourth-order valence-electron chi connectivity index (χ4n) is 0.794. The third-order valence-electron chi connectivity index (χ3n) is 1.86. The van der Waals surface area contributed by atoms with E-state index in [0.29, 0.717) is 13.0 Å². The molecule has 0 aromatic carbocycles. The largest absolute Gasteiger partial charge is 0.342 e. The van der Waals surface area contributed by atoms with E-state index in [9.17, 15) is 4.79 Å². The summed E-state index contributed by atoms with van der Waals surface area (Å²) in [4.78, 5) is 12.9. The Morgan fingerprint density at radius 3 is 2.55 bits per heavy atom. The van der Waals surface area contributed by atoms with E-state index in [1.807, 2.05) is 13.8 Å². The van der Waals surface area contributed by atoms with Gasteiger partial charge in [0, 0.05) is 26.1 Å². The quantitative estimate of drug-likeness (QED) is 0.651. The maximum Gasteiger partial charge on any atom is 0.222 e. The monoisotopic (exact) mass is 158 g/mol. The van der Waals surface area contributed by atoms with Gasteiger partial charge in [-0.25, -0.2) is 0 Å². The van der Waals surface area contributed by atoms with Crippen LogP contribution < -0.4 is 5.73 Å². The van der Waals surface area contributed by atoms with E-state index in [0.717, 1.165) is 6.42 Å². The summed E-state index contributed by atoms with van der Waals surface area (Å²) >= 11 is 0. The molecule has 0 aromatic rings. The predicted octanol–water partition coefficient (Wildman–Crippen LogP) is 0.592. The number of hydrogen-bond donors (Lipinski definition) is 1. The van der Waals surface area contributed by atoms with Gasteiger partial charge in [-0.3, -0.25) is 4.79 Å². The Kier molecular flexibility index (Phi) is 4.86. The van der Waals surface area contributed by atoms with Crippen molar-refractivity contribution in [3.8, 4) is 0 Å². The fraction of sp³-hybridized carbons (Fsp3) is 0.875. The fourth-order valence-corrected chi connectivity index (χ4v) is 0.794. The van der Waals surface area contributed by atoms with Gasteiger partial charge in [-0.2, -0.15) is 0 Å². The summed E-state index contributed by atoms with van der Waals surface area (Å²) in [5, 5.41) is 0. The minimum Gasteiger partial charge on any atom is -0.342 e. The van der Waals surface area contributed by atoms with Gasteiger partial charge in [0.1, 0.15) is 0 Å². The second-order valence-corrected chi connectivity index (χ2v) is 2.84. The maximum atomic E-state index is 11.2. The van der Waals surface area contributed by atoms with Crippen LogP contribution in [0.3, 0.4) is 0 Å². The first-order valence-electron chi connectivity index (χ1n) is 4.09. The second kappa shape index (κ2) is 5.13. The number of rotatable bonds is 4. The minimum absolute atomic E-state index is 0.161. The van der Waals surface area contributed by atoms with Gasteiger partial charge in [0.05, 0.1) is 0 Å². The molecular weight excluding hydrogens is 140 g/mol. The van der Waals surface area contributed by atoms with Gasteiger partial charge >= 0.3 is 0 Å². The van der Waals surface area contributed by atoms with Crippen molar-refractivity contribution in [3.05, 3.63) is 0 Å². The Morgan fingerprint density at radius 1 is 1.64 bits per heavy atom. The second-order valence-electron chi connectivity index (χ2n) is 2.84. The van der Waals surface area contributed by atoms with E-state index in [2.05, 4.69) is 0 Å². The van der Waals surface area contributed by atoms with Gasteiger partial charge in [-0.15, -0.1) is 0 Å². The number of nitrogens with two attached hydrogens (primary N) is 1. The zero-order valence-corrected chi connectivity index (χ0v) is 7.63. The molecule has 0 saturated carbocycles. The van der Waals surface area contributed by atoms with E-state index in [4.69, 9.17) is 5.73 Å². The predicted molar refractivity (Wildman–Crippen MR) is 46.2 cm³/mol. The highest BCUT2D eigenvalue weighted by Gasteiger charge is 2.12. The average Bonchev–Trinajstić information content (AvgIpc) is 2.02. The number of carbonyl (C=O) groups is 1. The lowest BCUT2D eigenvalue weighted by molar-refractivity contribution is -0.131. The Morgan fingerprint density at radius 2 is 2.18 bits per heavy atom. The SMILES string of the molecule is CCCC(=O)N(C)C(C)CN. The van der Waals surface area contributed by atoms with E-state index in [1.165, 1.54) is 0 Å². The van der Waals surface area contributed by atoms with Crippen LogP contribution >= 0.6 is 0 Å². The summed E-state index contributed by atoms with van der Waals surface area (Å²) in [6.45, 7) is 4.48. The molecule has 0 spiro atoms. The van der Waals surface area contributed by atoms with Crippen molar-refractivity contribution in [1.29, 1.82) is 0 Å². The van der Waals surface area contributed by atoms with Crippen LogP contribution in [0.5, 0.6) is 0 Å². The van der Waals surface area contributed by atoms with Crippen molar-refractivity contribution < 1.29 is 4.79 Å². The average molecular weight is 158 g/mol. The summed E-state index contributed by atoms with van der Waals surface area (Å²) in [5.74, 6) is 0.186. The molecular formula is C8H18N2O. The van der Waals surface area contributed by atoms with Gasteiger partial charge in [0.15, 0.2) is 0 Å². The molecule has 0 fully saturated rings. The van der Waals surface area contributed by atoms with Crippen LogP contribution in [-0.4, -0.2) is 30.4 Å². The first kappa shape index (κ1) is 10.4. The van der Waals surface area contributed by atoms with Crippen LogP contribution in [0.15, 0.2) is 0 Å². The van der Waals surface area contributed by atoms with Crippen LogP contribution in [0.1, 0.15) is 26.7 Å². The third-order valence-corrected chi connectivity index (χ3v) is 1.86. The topological polar surface area (TPSA) is 46.3 Å². The number of likely N-dealkylation sites (N-methyl/N-ethyl adjacent to an activating group) is 1. The molecule has 3 nitrogen and oxygen atoms in total. The molecule has 0 heterocycles. The van der Waals surface area contributed by atoms with Crippen molar-refractivity contribution in [2.45, 2.75) is 32.7 Å². The van der Waals surface area contributed by atoms with Crippen molar-refractivity contribution in [2.24, 2.45) is 5.73 Å². The molecule has 0 saturated heterocycles. The zero-order chi connectivity index (χ0) is 8.85. The molecule has 66 valence electrons. The summed E-state index contributed by atoms with van der Waals surface area (Å²) in [5.41, 5.74) is 5.41. The molecule has 0 aromatic heterocycles. The standard InChI is InChI=1S/C8H18N2O/c1-4-5-8(11)10(3)7(2)6-9/h7H,4-6,9H2,1-3H3. The first-order valence-corrected chi connectivity index (χ1v) is 4.09.